The first kappa shape index (κ1) is 15.6. The largest absolute Gasteiger partial charge is 0.313 e. The van der Waals surface area contributed by atoms with E-state index in [2.05, 4.69) is 52.2 Å². The van der Waals surface area contributed by atoms with Crippen LogP contribution in [-0.2, 0) is 0 Å². The van der Waals surface area contributed by atoms with Gasteiger partial charge in [-0.15, -0.1) is 0 Å². The van der Waals surface area contributed by atoms with E-state index in [0.29, 0.717) is 6.04 Å². The smallest absolute Gasteiger partial charge is 0.0354 e. The molecule has 0 saturated heterocycles. The summed E-state index contributed by atoms with van der Waals surface area (Å²) in [5.74, 6) is 1.69. The Morgan fingerprint density at radius 1 is 1.10 bits per heavy atom. The van der Waals surface area contributed by atoms with Crippen molar-refractivity contribution in [3.05, 3.63) is 34.4 Å². The fourth-order valence-corrected chi connectivity index (χ4v) is 4.44. The molecule has 1 nitrogen and oxygen atoms in total. The van der Waals surface area contributed by atoms with Crippen molar-refractivity contribution in [3.63, 3.8) is 0 Å². The lowest BCUT2D eigenvalue weighted by atomic mass is 9.71. The normalized spacial score (nSPS) is 24.6. The Kier molecular flexibility index (Phi) is 5.26. The molecule has 1 saturated carbocycles. The van der Waals surface area contributed by atoms with E-state index in [1.54, 1.807) is 5.56 Å². The summed E-state index contributed by atoms with van der Waals surface area (Å²) in [5.41, 5.74) is 5.86. The summed E-state index contributed by atoms with van der Waals surface area (Å²) in [7, 11) is 2.14. The van der Waals surface area contributed by atoms with Crippen LogP contribution in [0.5, 0.6) is 0 Å². The van der Waals surface area contributed by atoms with Gasteiger partial charge in [-0.2, -0.15) is 0 Å². The second-order valence-electron chi connectivity index (χ2n) is 6.70. The molecule has 0 radical (unpaired) electrons. The summed E-state index contributed by atoms with van der Waals surface area (Å²) in [6.07, 6.45) is 6.97. The van der Waals surface area contributed by atoms with Crippen LogP contribution in [-0.4, -0.2) is 7.05 Å². The maximum atomic E-state index is 3.65. The second kappa shape index (κ2) is 6.76. The molecule has 20 heavy (non-hydrogen) atoms. The Morgan fingerprint density at radius 3 is 2.25 bits per heavy atom. The van der Waals surface area contributed by atoms with Crippen LogP contribution in [0.25, 0.3) is 0 Å². The van der Waals surface area contributed by atoms with Crippen molar-refractivity contribution >= 4 is 0 Å². The number of aryl methyl sites for hydroxylation is 3. The quantitative estimate of drug-likeness (QED) is 0.806. The van der Waals surface area contributed by atoms with Crippen LogP contribution < -0.4 is 5.32 Å². The van der Waals surface area contributed by atoms with Crippen molar-refractivity contribution in [2.75, 3.05) is 7.05 Å². The molecule has 1 fully saturated rings. The van der Waals surface area contributed by atoms with E-state index >= 15 is 0 Å². The van der Waals surface area contributed by atoms with Crippen LogP contribution in [0.3, 0.4) is 0 Å². The van der Waals surface area contributed by atoms with Gasteiger partial charge in [-0.25, -0.2) is 0 Å². The third kappa shape index (κ3) is 3.09. The van der Waals surface area contributed by atoms with Crippen molar-refractivity contribution in [1.82, 2.24) is 5.32 Å². The summed E-state index contributed by atoms with van der Waals surface area (Å²) >= 11 is 0. The van der Waals surface area contributed by atoms with E-state index in [0.717, 1.165) is 11.8 Å². The molecular weight excluding hydrogens is 242 g/mol. The van der Waals surface area contributed by atoms with E-state index in [4.69, 9.17) is 0 Å². The van der Waals surface area contributed by atoms with Gasteiger partial charge in [0.15, 0.2) is 0 Å². The number of hydrogen-bond donors (Lipinski definition) is 1. The van der Waals surface area contributed by atoms with Crippen LogP contribution in [0.1, 0.15) is 67.3 Å². The van der Waals surface area contributed by atoms with Crippen molar-refractivity contribution in [2.24, 2.45) is 11.8 Å². The molecule has 112 valence electrons. The van der Waals surface area contributed by atoms with Gasteiger partial charge < -0.3 is 5.32 Å². The van der Waals surface area contributed by atoms with E-state index in [1.165, 1.54) is 48.8 Å². The zero-order valence-electron chi connectivity index (χ0n) is 13.9. The molecule has 1 aliphatic rings. The summed E-state index contributed by atoms with van der Waals surface area (Å²) in [6.45, 7) is 9.13. The monoisotopic (exact) mass is 273 g/mol. The topological polar surface area (TPSA) is 12.0 Å². The Hall–Kier alpha value is -0.820. The van der Waals surface area contributed by atoms with Crippen LogP contribution in [0.4, 0.5) is 0 Å². The van der Waals surface area contributed by atoms with Crippen LogP contribution in [0.15, 0.2) is 12.1 Å². The molecule has 1 N–H and O–H groups in total. The van der Waals surface area contributed by atoms with Crippen molar-refractivity contribution in [3.8, 4) is 0 Å². The molecule has 0 bridgehead atoms. The summed E-state index contributed by atoms with van der Waals surface area (Å²) in [4.78, 5) is 0. The molecule has 0 amide bonds. The second-order valence-corrected chi connectivity index (χ2v) is 6.70. The lowest BCUT2D eigenvalue weighted by molar-refractivity contribution is 0.180. The fourth-order valence-electron chi connectivity index (χ4n) is 4.44. The van der Waals surface area contributed by atoms with Crippen LogP contribution in [0, 0.1) is 32.6 Å². The Labute approximate surface area is 125 Å². The lowest BCUT2D eigenvalue weighted by Crippen LogP contribution is -2.33. The first-order valence-corrected chi connectivity index (χ1v) is 8.33. The SMILES string of the molecule is CCC1CCCCC1C(NC)c1c(C)cc(C)cc1C. The van der Waals surface area contributed by atoms with Gasteiger partial charge in [-0.3, -0.25) is 0 Å². The number of rotatable bonds is 4. The molecular formula is C19H31N. The molecule has 0 aliphatic heterocycles. The molecule has 0 heterocycles. The standard InChI is InChI=1S/C19H31N/c1-6-16-9-7-8-10-17(16)19(20-5)18-14(3)11-13(2)12-15(18)4/h11-12,16-17,19-20H,6-10H2,1-5H3. The maximum absolute atomic E-state index is 3.65. The summed E-state index contributed by atoms with van der Waals surface area (Å²) in [6, 6.07) is 5.22. The van der Waals surface area contributed by atoms with E-state index in [9.17, 15) is 0 Å². The minimum atomic E-state index is 0.529. The minimum absolute atomic E-state index is 0.529. The Balaban J connectivity index is 2.36. The average Bonchev–Trinajstić information content (AvgIpc) is 2.42. The van der Waals surface area contributed by atoms with Crippen molar-refractivity contribution in [2.45, 2.75) is 65.8 Å². The number of nitrogens with one attached hydrogen (secondary N) is 1. The predicted octanol–water partition coefficient (Wildman–Crippen LogP) is 5.09. The third-order valence-electron chi connectivity index (χ3n) is 5.28. The summed E-state index contributed by atoms with van der Waals surface area (Å²) < 4.78 is 0. The highest BCUT2D eigenvalue weighted by molar-refractivity contribution is 5.40. The van der Waals surface area contributed by atoms with Gasteiger partial charge >= 0.3 is 0 Å². The molecule has 2 rings (SSSR count). The average molecular weight is 273 g/mol. The van der Waals surface area contributed by atoms with Gasteiger partial charge in [0.2, 0.25) is 0 Å². The molecule has 1 aliphatic carbocycles. The van der Waals surface area contributed by atoms with E-state index in [-0.39, 0.29) is 0 Å². The molecule has 0 spiro atoms. The number of benzene rings is 1. The van der Waals surface area contributed by atoms with Gasteiger partial charge in [0.25, 0.3) is 0 Å². The van der Waals surface area contributed by atoms with Crippen molar-refractivity contribution < 1.29 is 0 Å². The minimum Gasteiger partial charge on any atom is -0.313 e. The highest BCUT2D eigenvalue weighted by Crippen LogP contribution is 2.41. The van der Waals surface area contributed by atoms with Crippen LogP contribution in [0.2, 0.25) is 0 Å². The summed E-state index contributed by atoms with van der Waals surface area (Å²) in [5, 5.41) is 3.65. The first-order chi connectivity index (χ1) is 9.58. The lowest BCUT2D eigenvalue weighted by Gasteiger charge is -2.38. The highest BCUT2D eigenvalue weighted by atomic mass is 14.9. The predicted molar refractivity (Wildman–Crippen MR) is 88.2 cm³/mol. The molecule has 1 heteroatoms. The number of hydrogen-bond acceptors (Lipinski definition) is 1. The molecule has 3 unspecified atom stereocenters. The van der Waals surface area contributed by atoms with E-state index in [1.807, 2.05) is 0 Å². The zero-order chi connectivity index (χ0) is 14.7. The van der Waals surface area contributed by atoms with Gasteiger partial charge in [-0.05, 0) is 62.8 Å². The molecule has 3 atom stereocenters. The Bertz CT molecular complexity index is 426. The third-order valence-corrected chi connectivity index (χ3v) is 5.28. The zero-order valence-corrected chi connectivity index (χ0v) is 13.9. The fraction of sp³-hybridized carbons (Fsp3) is 0.684. The van der Waals surface area contributed by atoms with E-state index < -0.39 is 0 Å². The Morgan fingerprint density at radius 2 is 1.70 bits per heavy atom. The van der Waals surface area contributed by atoms with Gasteiger partial charge in [0.05, 0.1) is 0 Å². The van der Waals surface area contributed by atoms with Gasteiger partial charge in [-0.1, -0.05) is 50.3 Å². The van der Waals surface area contributed by atoms with Crippen LogP contribution >= 0.6 is 0 Å². The first-order valence-electron chi connectivity index (χ1n) is 8.33. The molecule has 1 aromatic rings. The molecule has 1 aromatic carbocycles. The van der Waals surface area contributed by atoms with Gasteiger partial charge in [0, 0.05) is 6.04 Å². The molecule has 0 aromatic heterocycles. The highest BCUT2D eigenvalue weighted by Gasteiger charge is 2.32. The van der Waals surface area contributed by atoms with Crippen molar-refractivity contribution in [1.29, 1.82) is 0 Å². The maximum Gasteiger partial charge on any atom is 0.0354 e. The van der Waals surface area contributed by atoms with Gasteiger partial charge in [0.1, 0.15) is 0 Å².